The van der Waals surface area contributed by atoms with Crippen molar-refractivity contribution in [2.24, 2.45) is 0 Å². The highest BCUT2D eigenvalue weighted by Crippen LogP contribution is 2.38. The van der Waals surface area contributed by atoms with Gasteiger partial charge in [-0.2, -0.15) is 0 Å². The van der Waals surface area contributed by atoms with Gasteiger partial charge < -0.3 is 14.6 Å². The summed E-state index contributed by atoms with van der Waals surface area (Å²) in [5.41, 5.74) is 2.05. The first-order valence-electron chi connectivity index (χ1n) is 5.48. The van der Waals surface area contributed by atoms with Crippen molar-refractivity contribution in [3.05, 3.63) is 41.4 Å². The zero-order valence-corrected chi connectivity index (χ0v) is 9.94. The summed E-state index contributed by atoms with van der Waals surface area (Å²) in [5.74, 6) is 0.774. The van der Waals surface area contributed by atoms with Gasteiger partial charge in [-0.25, -0.2) is 4.98 Å². The van der Waals surface area contributed by atoms with Crippen LogP contribution in [0, 0.1) is 0 Å². The number of imidazole rings is 1. The third kappa shape index (κ3) is 1.96. The molecule has 0 bridgehead atoms. The summed E-state index contributed by atoms with van der Waals surface area (Å²) in [5, 5.41) is 0.661. The second-order valence-electron chi connectivity index (χ2n) is 3.92. The Labute approximate surface area is 104 Å². The fourth-order valence-electron chi connectivity index (χ4n) is 2.00. The van der Waals surface area contributed by atoms with Crippen LogP contribution in [0.1, 0.15) is 5.69 Å². The molecule has 88 valence electrons. The molecule has 1 N–H and O–H groups in total. The minimum Gasteiger partial charge on any atom is -0.488 e. The quantitative estimate of drug-likeness (QED) is 0.889. The number of nitrogens with one attached hydrogen (secondary N) is 1. The molecule has 4 nitrogen and oxygen atoms in total. The Bertz CT molecular complexity index is 512. The Hall–Kier alpha value is -1.68. The van der Waals surface area contributed by atoms with E-state index < -0.39 is 0 Å². The SMILES string of the molecule is Clc1cccc2c1OCCN2Cc1c[nH]cn1. The molecule has 0 amide bonds. The lowest BCUT2D eigenvalue weighted by Crippen LogP contribution is -2.32. The van der Waals surface area contributed by atoms with E-state index in [0.29, 0.717) is 11.6 Å². The lowest BCUT2D eigenvalue weighted by Gasteiger charge is -2.31. The van der Waals surface area contributed by atoms with Gasteiger partial charge in [0.05, 0.1) is 35.8 Å². The predicted molar refractivity (Wildman–Crippen MR) is 66.6 cm³/mol. The van der Waals surface area contributed by atoms with E-state index in [1.165, 1.54) is 0 Å². The molecule has 1 aromatic carbocycles. The molecule has 0 radical (unpaired) electrons. The highest BCUT2D eigenvalue weighted by molar-refractivity contribution is 6.32. The molecule has 0 atom stereocenters. The van der Waals surface area contributed by atoms with Crippen LogP contribution in [0.5, 0.6) is 5.75 Å². The number of aromatic nitrogens is 2. The number of benzene rings is 1. The van der Waals surface area contributed by atoms with Crippen molar-refractivity contribution in [2.45, 2.75) is 6.54 Å². The fraction of sp³-hybridized carbons (Fsp3) is 0.250. The lowest BCUT2D eigenvalue weighted by molar-refractivity contribution is 0.307. The fourth-order valence-corrected chi connectivity index (χ4v) is 2.23. The number of anilines is 1. The number of H-pyrrole nitrogens is 1. The standard InChI is InChI=1S/C12H12ClN3O/c13-10-2-1-3-11-12(10)17-5-4-16(11)7-9-6-14-8-15-9/h1-3,6,8H,4-5,7H2,(H,14,15). The third-order valence-corrected chi connectivity index (χ3v) is 3.10. The van der Waals surface area contributed by atoms with E-state index in [4.69, 9.17) is 16.3 Å². The summed E-state index contributed by atoms with van der Waals surface area (Å²) < 4.78 is 5.60. The van der Waals surface area contributed by atoms with Gasteiger partial charge in [-0.15, -0.1) is 0 Å². The third-order valence-electron chi connectivity index (χ3n) is 2.80. The molecule has 17 heavy (non-hydrogen) atoms. The molecular weight excluding hydrogens is 238 g/mol. The Balaban J connectivity index is 1.92. The largest absolute Gasteiger partial charge is 0.488 e. The predicted octanol–water partition coefficient (Wildman–Crippen LogP) is 2.46. The molecule has 0 saturated heterocycles. The zero-order valence-electron chi connectivity index (χ0n) is 9.19. The number of aromatic amines is 1. The van der Waals surface area contributed by atoms with E-state index in [9.17, 15) is 0 Å². The van der Waals surface area contributed by atoms with Crippen molar-refractivity contribution < 1.29 is 4.74 Å². The summed E-state index contributed by atoms with van der Waals surface area (Å²) in [6.07, 6.45) is 3.59. The Morgan fingerprint density at radius 3 is 3.24 bits per heavy atom. The van der Waals surface area contributed by atoms with Crippen LogP contribution < -0.4 is 9.64 Å². The Morgan fingerprint density at radius 2 is 2.41 bits per heavy atom. The lowest BCUT2D eigenvalue weighted by atomic mass is 10.2. The number of hydrogen-bond acceptors (Lipinski definition) is 3. The van der Waals surface area contributed by atoms with Crippen molar-refractivity contribution in [3.63, 3.8) is 0 Å². The van der Waals surface area contributed by atoms with Crippen LogP contribution in [-0.2, 0) is 6.54 Å². The number of ether oxygens (including phenoxy) is 1. The van der Waals surface area contributed by atoms with Crippen LogP contribution in [0.2, 0.25) is 5.02 Å². The van der Waals surface area contributed by atoms with E-state index >= 15 is 0 Å². The Morgan fingerprint density at radius 1 is 1.47 bits per heavy atom. The molecule has 1 aliphatic rings. The minimum absolute atomic E-state index is 0.654. The summed E-state index contributed by atoms with van der Waals surface area (Å²) in [6.45, 7) is 2.27. The maximum absolute atomic E-state index is 6.12. The van der Waals surface area contributed by atoms with Crippen LogP contribution in [0.25, 0.3) is 0 Å². The highest BCUT2D eigenvalue weighted by atomic mass is 35.5. The molecule has 0 saturated carbocycles. The van der Waals surface area contributed by atoms with E-state index in [1.54, 1.807) is 6.33 Å². The average molecular weight is 250 g/mol. The van der Waals surface area contributed by atoms with Gasteiger partial charge in [-0.05, 0) is 12.1 Å². The van der Waals surface area contributed by atoms with E-state index in [0.717, 1.165) is 30.2 Å². The van der Waals surface area contributed by atoms with Gasteiger partial charge in [-0.3, -0.25) is 0 Å². The van der Waals surface area contributed by atoms with Crippen LogP contribution in [0.3, 0.4) is 0 Å². The number of rotatable bonds is 2. The molecule has 3 rings (SSSR count). The number of halogens is 1. The summed E-state index contributed by atoms with van der Waals surface area (Å²) >= 11 is 6.12. The van der Waals surface area contributed by atoms with Crippen LogP contribution in [-0.4, -0.2) is 23.1 Å². The van der Waals surface area contributed by atoms with Gasteiger partial charge in [0.15, 0.2) is 5.75 Å². The monoisotopic (exact) mass is 249 g/mol. The molecular formula is C12H12ClN3O. The van der Waals surface area contributed by atoms with Crippen molar-refractivity contribution in [2.75, 3.05) is 18.1 Å². The smallest absolute Gasteiger partial charge is 0.161 e. The summed E-state index contributed by atoms with van der Waals surface area (Å²) in [6, 6.07) is 5.80. The average Bonchev–Trinajstić information content (AvgIpc) is 2.83. The second-order valence-corrected chi connectivity index (χ2v) is 4.33. The van der Waals surface area contributed by atoms with Gasteiger partial charge in [0.25, 0.3) is 0 Å². The van der Waals surface area contributed by atoms with Crippen LogP contribution in [0.4, 0.5) is 5.69 Å². The summed E-state index contributed by atoms with van der Waals surface area (Å²) in [7, 11) is 0. The van der Waals surface area contributed by atoms with Crippen molar-refractivity contribution in [1.82, 2.24) is 9.97 Å². The first kappa shape index (κ1) is 10.5. The molecule has 0 unspecified atom stereocenters. The van der Waals surface area contributed by atoms with Crippen molar-refractivity contribution in [1.29, 1.82) is 0 Å². The minimum atomic E-state index is 0.654. The van der Waals surface area contributed by atoms with Crippen LogP contribution >= 0.6 is 11.6 Å². The number of fused-ring (bicyclic) bond motifs is 1. The molecule has 0 spiro atoms. The molecule has 1 aliphatic heterocycles. The van der Waals surface area contributed by atoms with Crippen molar-refractivity contribution in [3.8, 4) is 5.75 Å². The highest BCUT2D eigenvalue weighted by Gasteiger charge is 2.20. The molecule has 2 heterocycles. The molecule has 0 fully saturated rings. The summed E-state index contributed by atoms with van der Waals surface area (Å²) in [4.78, 5) is 9.42. The van der Waals surface area contributed by atoms with Gasteiger partial charge in [-0.1, -0.05) is 17.7 Å². The molecule has 2 aromatic rings. The first-order chi connectivity index (χ1) is 8.34. The maximum atomic E-state index is 6.12. The second kappa shape index (κ2) is 4.30. The van der Waals surface area contributed by atoms with Crippen molar-refractivity contribution >= 4 is 17.3 Å². The first-order valence-corrected chi connectivity index (χ1v) is 5.86. The van der Waals surface area contributed by atoms with Gasteiger partial charge >= 0.3 is 0 Å². The van der Waals surface area contributed by atoms with E-state index in [1.807, 2.05) is 24.4 Å². The number of para-hydroxylation sites is 1. The van der Waals surface area contributed by atoms with E-state index in [-0.39, 0.29) is 0 Å². The normalized spacial score (nSPS) is 14.3. The van der Waals surface area contributed by atoms with E-state index in [2.05, 4.69) is 14.9 Å². The van der Waals surface area contributed by atoms with Gasteiger partial charge in [0, 0.05) is 6.20 Å². The zero-order chi connectivity index (χ0) is 11.7. The maximum Gasteiger partial charge on any atom is 0.161 e. The molecule has 1 aromatic heterocycles. The van der Waals surface area contributed by atoms with Gasteiger partial charge in [0.1, 0.15) is 6.61 Å². The number of hydrogen-bond donors (Lipinski definition) is 1. The molecule has 5 heteroatoms. The molecule has 0 aliphatic carbocycles. The van der Waals surface area contributed by atoms with Gasteiger partial charge in [0.2, 0.25) is 0 Å². The van der Waals surface area contributed by atoms with Crippen LogP contribution in [0.15, 0.2) is 30.7 Å². The Kier molecular flexibility index (Phi) is 2.65. The number of nitrogens with zero attached hydrogens (tertiary/aromatic N) is 2. The topological polar surface area (TPSA) is 41.1 Å².